The highest BCUT2D eigenvalue weighted by Crippen LogP contribution is 2.44. The number of hydrogen-bond acceptors (Lipinski definition) is 3. The van der Waals surface area contributed by atoms with Gasteiger partial charge in [0, 0.05) is 19.3 Å². The first-order chi connectivity index (χ1) is 15.4. The van der Waals surface area contributed by atoms with Crippen LogP contribution in [0.2, 0.25) is 0 Å². The molecule has 3 rings (SSSR count). The molecule has 1 aromatic heterocycles. The van der Waals surface area contributed by atoms with Crippen molar-refractivity contribution < 1.29 is 26.7 Å². The average molecular weight is 481 g/mol. The van der Waals surface area contributed by atoms with Gasteiger partial charge in [-0.1, -0.05) is 56.3 Å². The van der Waals surface area contributed by atoms with E-state index in [-0.39, 0.29) is 28.6 Å². The number of alkyl halides is 3. The average Bonchev–Trinajstić information content (AvgIpc) is 3.25. The van der Waals surface area contributed by atoms with E-state index in [1.807, 2.05) is 13.8 Å². The third-order valence-electron chi connectivity index (χ3n) is 5.45. The number of halogens is 3. The first-order valence-corrected chi connectivity index (χ1v) is 12.0. The van der Waals surface area contributed by atoms with Crippen LogP contribution in [0.3, 0.4) is 0 Å². The molecule has 0 spiro atoms. The van der Waals surface area contributed by atoms with Crippen LogP contribution in [0, 0.1) is 5.92 Å². The van der Waals surface area contributed by atoms with Crippen LogP contribution in [-0.4, -0.2) is 24.3 Å². The fraction of sp³-hybridized carbons (Fsp3) is 0.333. The van der Waals surface area contributed by atoms with Gasteiger partial charge in [-0.05, 0) is 47.7 Å². The van der Waals surface area contributed by atoms with Gasteiger partial charge in [-0.25, -0.2) is 13.1 Å². The van der Waals surface area contributed by atoms with Gasteiger partial charge in [-0.15, -0.1) is 0 Å². The van der Waals surface area contributed by atoms with E-state index in [9.17, 15) is 26.7 Å². The highest BCUT2D eigenvalue weighted by molar-refractivity contribution is 7.89. The van der Waals surface area contributed by atoms with Crippen LogP contribution in [0.25, 0.3) is 0 Å². The van der Waals surface area contributed by atoms with E-state index in [0.717, 1.165) is 0 Å². The van der Waals surface area contributed by atoms with Crippen LogP contribution in [0.4, 0.5) is 13.2 Å². The van der Waals surface area contributed by atoms with Crippen molar-refractivity contribution in [3.63, 3.8) is 0 Å². The minimum atomic E-state index is -4.96. The molecule has 2 N–H and O–H groups in total. The van der Waals surface area contributed by atoms with Crippen molar-refractivity contribution in [2.45, 2.75) is 50.0 Å². The number of aromatic nitrogens is 1. The van der Waals surface area contributed by atoms with Gasteiger partial charge in [0.05, 0.1) is 10.6 Å². The van der Waals surface area contributed by atoms with Gasteiger partial charge >= 0.3 is 6.18 Å². The molecule has 0 aliphatic carbocycles. The molecule has 5 nitrogen and oxygen atoms in total. The van der Waals surface area contributed by atoms with E-state index < -0.39 is 21.8 Å². The van der Waals surface area contributed by atoms with E-state index >= 15 is 0 Å². The SMILES string of the molecule is CC(C)CCn1cccc1C(O)(c1ccc(CNS(=O)(=O)c2ccccc2)cc1)C(F)(F)F. The third-order valence-corrected chi connectivity index (χ3v) is 6.87. The van der Waals surface area contributed by atoms with Crippen molar-refractivity contribution in [2.24, 2.45) is 5.92 Å². The van der Waals surface area contributed by atoms with Gasteiger partial charge in [0.25, 0.3) is 0 Å². The zero-order chi connectivity index (χ0) is 24.3. The standard InChI is InChI=1S/C24H27F3N2O3S/c1-18(2)14-16-29-15-6-9-22(29)23(30,24(25,26)27)20-12-10-19(11-13-20)17-28-33(31,32)21-7-4-3-5-8-21/h3-13,15,18,28,30H,14,16-17H2,1-2H3. The number of nitrogens with one attached hydrogen (secondary N) is 1. The second-order valence-electron chi connectivity index (χ2n) is 8.31. The predicted molar refractivity (Wildman–Crippen MR) is 120 cm³/mol. The summed E-state index contributed by atoms with van der Waals surface area (Å²) in [6.07, 6.45) is -2.77. The summed E-state index contributed by atoms with van der Waals surface area (Å²) in [5.41, 5.74) is -3.34. The molecule has 178 valence electrons. The molecule has 1 unspecified atom stereocenters. The molecule has 0 aliphatic rings. The molecule has 0 saturated heterocycles. The number of aryl methyl sites for hydroxylation is 1. The second-order valence-corrected chi connectivity index (χ2v) is 10.1. The van der Waals surface area contributed by atoms with Crippen molar-refractivity contribution in [3.8, 4) is 0 Å². The van der Waals surface area contributed by atoms with Gasteiger partial charge in [-0.2, -0.15) is 13.2 Å². The Kier molecular flexibility index (Phi) is 7.36. The summed E-state index contributed by atoms with van der Waals surface area (Å²) >= 11 is 0. The topological polar surface area (TPSA) is 71.3 Å². The van der Waals surface area contributed by atoms with Gasteiger partial charge in [0.15, 0.2) is 0 Å². The number of nitrogens with zero attached hydrogens (tertiary/aromatic N) is 1. The maximum absolute atomic E-state index is 14.2. The minimum absolute atomic E-state index is 0.0928. The lowest BCUT2D eigenvalue weighted by atomic mass is 9.88. The third kappa shape index (κ3) is 5.48. The fourth-order valence-corrected chi connectivity index (χ4v) is 4.56. The van der Waals surface area contributed by atoms with E-state index in [4.69, 9.17) is 0 Å². The molecule has 0 radical (unpaired) electrons. The lowest BCUT2D eigenvalue weighted by molar-refractivity contribution is -0.250. The van der Waals surface area contributed by atoms with Crippen LogP contribution in [0.1, 0.15) is 37.1 Å². The molecule has 1 atom stereocenters. The van der Waals surface area contributed by atoms with Gasteiger partial charge in [-0.3, -0.25) is 0 Å². The monoisotopic (exact) mass is 480 g/mol. The van der Waals surface area contributed by atoms with Crippen molar-refractivity contribution in [1.82, 2.24) is 9.29 Å². The predicted octanol–water partition coefficient (Wildman–Crippen LogP) is 4.81. The van der Waals surface area contributed by atoms with Gasteiger partial charge < -0.3 is 9.67 Å². The summed E-state index contributed by atoms with van der Waals surface area (Å²) < 4.78 is 71.1. The lowest BCUT2D eigenvalue weighted by Crippen LogP contribution is -2.45. The number of aliphatic hydroxyl groups is 1. The second kappa shape index (κ2) is 9.70. The Labute approximate surface area is 191 Å². The van der Waals surface area contributed by atoms with Crippen molar-refractivity contribution in [1.29, 1.82) is 0 Å². The summed E-state index contributed by atoms with van der Waals surface area (Å²) in [7, 11) is -3.76. The molecule has 1 heterocycles. The number of sulfonamides is 1. The largest absolute Gasteiger partial charge is 0.427 e. The molecule has 9 heteroatoms. The summed E-state index contributed by atoms with van der Waals surface area (Å²) in [5.74, 6) is 0.290. The molecule has 0 bridgehead atoms. The zero-order valence-electron chi connectivity index (χ0n) is 18.4. The fourth-order valence-electron chi connectivity index (χ4n) is 3.52. The first-order valence-electron chi connectivity index (χ1n) is 10.5. The summed E-state index contributed by atoms with van der Waals surface area (Å²) in [5, 5.41) is 11.0. The molecule has 0 saturated carbocycles. The molecule has 3 aromatic rings. The van der Waals surface area contributed by atoms with Crippen LogP contribution < -0.4 is 4.72 Å². The molecule has 0 fully saturated rings. The Morgan fingerprint density at radius 2 is 1.61 bits per heavy atom. The highest BCUT2D eigenvalue weighted by Gasteiger charge is 2.57. The van der Waals surface area contributed by atoms with Gasteiger partial charge in [0.2, 0.25) is 15.6 Å². The first kappa shape index (κ1) is 25.0. The summed E-state index contributed by atoms with van der Waals surface area (Å²) in [6.45, 7) is 4.19. The van der Waals surface area contributed by atoms with E-state index in [1.165, 1.54) is 59.3 Å². The van der Waals surface area contributed by atoms with E-state index in [1.54, 1.807) is 18.2 Å². The normalized spacial score (nSPS) is 14.4. The molecule has 0 amide bonds. The Morgan fingerprint density at radius 1 is 0.970 bits per heavy atom. The van der Waals surface area contributed by atoms with Crippen molar-refractivity contribution in [3.05, 3.63) is 89.7 Å². The van der Waals surface area contributed by atoms with E-state index in [2.05, 4.69) is 4.72 Å². The molecular formula is C24H27F3N2O3S. The zero-order valence-corrected chi connectivity index (χ0v) is 19.2. The molecule has 2 aromatic carbocycles. The van der Waals surface area contributed by atoms with Crippen LogP contribution in [-0.2, 0) is 28.7 Å². The Balaban J connectivity index is 1.86. The quantitative estimate of drug-likeness (QED) is 0.462. The Morgan fingerprint density at radius 3 is 2.18 bits per heavy atom. The number of benzene rings is 2. The van der Waals surface area contributed by atoms with Crippen LogP contribution in [0.5, 0.6) is 0 Å². The van der Waals surface area contributed by atoms with Crippen molar-refractivity contribution in [2.75, 3.05) is 0 Å². The minimum Gasteiger partial charge on any atom is -0.371 e. The van der Waals surface area contributed by atoms with Gasteiger partial charge in [0.1, 0.15) is 0 Å². The number of hydrogen-bond donors (Lipinski definition) is 2. The highest BCUT2D eigenvalue weighted by atomic mass is 32.2. The molecule has 0 aliphatic heterocycles. The maximum atomic E-state index is 14.2. The smallest absolute Gasteiger partial charge is 0.371 e. The summed E-state index contributed by atoms with van der Waals surface area (Å²) in [4.78, 5) is 0.0928. The maximum Gasteiger partial charge on any atom is 0.427 e. The molecular weight excluding hydrogens is 453 g/mol. The van der Waals surface area contributed by atoms with Crippen molar-refractivity contribution >= 4 is 10.0 Å². The van der Waals surface area contributed by atoms with E-state index in [0.29, 0.717) is 18.5 Å². The van der Waals surface area contributed by atoms with Crippen LogP contribution in [0.15, 0.2) is 77.8 Å². The Bertz CT molecular complexity index is 1160. The summed E-state index contributed by atoms with van der Waals surface area (Å²) in [6, 6.07) is 15.7. The lowest BCUT2D eigenvalue weighted by Gasteiger charge is -2.32. The number of rotatable bonds is 9. The van der Waals surface area contributed by atoms with Crippen LogP contribution >= 0.6 is 0 Å². The molecule has 33 heavy (non-hydrogen) atoms. The Hall–Kier alpha value is -2.62.